The van der Waals surface area contributed by atoms with Crippen LogP contribution in [0.2, 0.25) is 0 Å². The van der Waals surface area contributed by atoms with Crippen LogP contribution < -0.4 is 5.32 Å². The van der Waals surface area contributed by atoms with Gasteiger partial charge in [0.15, 0.2) is 5.82 Å². The highest BCUT2D eigenvalue weighted by Gasteiger charge is 2.34. The van der Waals surface area contributed by atoms with E-state index >= 15 is 0 Å². The first-order chi connectivity index (χ1) is 15.4. The zero-order valence-corrected chi connectivity index (χ0v) is 19.7. The number of carbonyl (C=O) groups excluding carboxylic acids is 1. The molecule has 32 heavy (non-hydrogen) atoms. The second-order valence-corrected chi connectivity index (χ2v) is 10.3. The Morgan fingerprint density at radius 2 is 1.81 bits per heavy atom. The van der Waals surface area contributed by atoms with Crippen molar-refractivity contribution in [3.63, 3.8) is 0 Å². The van der Waals surface area contributed by atoms with Crippen LogP contribution in [-0.4, -0.2) is 51.6 Å². The van der Waals surface area contributed by atoms with Crippen LogP contribution in [-0.2, 0) is 12.0 Å². The minimum Gasteiger partial charge on any atom is -0.339 e. The van der Waals surface area contributed by atoms with E-state index in [9.17, 15) is 4.79 Å². The molecule has 0 aliphatic carbocycles. The van der Waals surface area contributed by atoms with E-state index < -0.39 is 0 Å². The maximum absolute atomic E-state index is 13.1. The number of amides is 2. The number of anilines is 1. The van der Waals surface area contributed by atoms with Crippen LogP contribution in [0.1, 0.15) is 71.0 Å². The molecule has 2 amide bonds. The summed E-state index contributed by atoms with van der Waals surface area (Å²) in [6.07, 6.45) is 6.81. The minimum atomic E-state index is -0.123. The highest BCUT2D eigenvalue weighted by Crippen LogP contribution is 2.31. The van der Waals surface area contributed by atoms with E-state index in [-0.39, 0.29) is 11.4 Å². The van der Waals surface area contributed by atoms with E-state index in [1.54, 1.807) is 0 Å². The van der Waals surface area contributed by atoms with Crippen LogP contribution in [0.25, 0.3) is 0 Å². The second-order valence-electron chi connectivity index (χ2n) is 10.3. The molecule has 2 fully saturated rings. The van der Waals surface area contributed by atoms with E-state index in [0.717, 1.165) is 63.4 Å². The summed E-state index contributed by atoms with van der Waals surface area (Å²) in [7, 11) is 0. The Morgan fingerprint density at radius 3 is 2.50 bits per heavy atom. The van der Waals surface area contributed by atoms with Gasteiger partial charge in [-0.3, -0.25) is 4.90 Å². The van der Waals surface area contributed by atoms with Gasteiger partial charge in [-0.15, -0.1) is 0 Å². The molecule has 2 saturated heterocycles. The first-order valence-corrected chi connectivity index (χ1v) is 12.1. The standard InChI is InChI=1S/C25H37N5O2/c1-25(2,3)23-27-22(28-32-23)18-29-16-13-19(14-17-29)21-12-8-5-9-15-30(21)24(31)26-20-10-6-4-7-11-20/h4,6-7,10-11,19,21H,5,8-9,12-18H2,1-3H3,(H,26,31). The van der Waals surface area contributed by atoms with E-state index in [4.69, 9.17) is 4.52 Å². The number of urea groups is 1. The number of rotatable bonds is 4. The minimum absolute atomic E-state index is 0.0482. The maximum Gasteiger partial charge on any atom is 0.322 e. The van der Waals surface area contributed by atoms with Gasteiger partial charge >= 0.3 is 6.03 Å². The molecule has 174 valence electrons. The molecule has 0 bridgehead atoms. The average molecular weight is 440 g/mol. The molecule has 1 N–H and O–H groups in total. The number of benzene rings is 1. The molecule has 0 radical (unpaired) electrons. The Hall–Kier alpha value is -2.41. The fraction of sp³-hybridized carbons (Fsp3) is 0.640. The predicted molar refractivity (Wildman–Crippen MR) is 125 cm³/mol. The summed E-state index contributed by atoms with van der Waals surface area (Å²) >= 11 is 0. The number of hydrogen-bond acceptors (Lipinski definition) is 5. The zero-order chi connectivity index (χ0) is 22.6. The molecule has 7 heteroatoms. The van der Waals surface area contributed by atoms with Crippen LogP contribution in [0.5, 0.6) is 0 Å². The third-order valence-electron chi connectivity index (χ3n) is 6.74. The Balaban J connectivity index is 1.35. The molecule has 2 aliphatic heterocycles. The lowest BCUT2D eigenvalue weighted by molar-refractivity contribution is 0.101. The average Bonchev–Trinajstić information content (AvgIpc) is 3.11. The number of nitrogens with zero attached hydrogens (tertiary/aromatic N) is 4. The number of piperidine rings is 1. The van der Waals surface area contributed by atoms with Crippen molar-refractivity contribution in [2.45, 2.75) is 77.3 Å². The molecular weight excluding hydrogens is 402 g/mol. The topological polar surface area (TPSA) is 74.5 Å². The van der Waals surface area contributed by atoms with Gasteiger partial charge in [0.1, 0.15) is 0 Å². The first-order valence-electron chi connectivity index (χ1n) is 12.1. The third kappa shape index (κ3) is 5.68. The van der Waals surface area contributed by atoms with Gasteiger partial charge < -0.3 is 14.7 Å². The van der Waals surface area contributed by atoms with E-state index in [1.165, 1.54) is 12.8 Å². The lowest BCUT2D eigenvalue weighted by Crippen LogP contribution is -2.49. The molecule has 7 nitrogen and oxygen atoms in total. The van der Waals surface area contributed by atoms with Gasteiger partial charge in [-0.25, -0.2) is 4.79 Å². The van der Waals surface area contributed by atoms with Crippen molar-refractivity contribution in [3.8, 4) is 0 Å². The normalized spacial score (nSPS) is 21.3. The zero-order valence-electron chi connectivity index (χ0n) is 19.7. The Labute approximate surface area is 191 Å². The van der Waals surface area contributed by atoms with Gasteiger partial charge in [0.25, 0.3) is 0 Å². The van der Waals surface area contributed by atoms with Crippen LogP contribution >= 0.6 is 0 Å². The van der Waals surface area contributed by atoms with Gasteiger partial charge in [0.2, 0.25) is 5.89 Å². The summed E-state index contributed by atoms with van der Waals surface area (Å²) in [4.78, 5) is 22.3. The van der Waals surface area contributed by atoms with Crippen LogP contribution in [0.15, 0.2) is 34.9 Å². The van der Waals surface area contributed by atoms with E-state index in [0.29, 0.717) is 17.9 Å². The molecule has 1 unspecified atom stereocenters. The van der Waals surface area contributed by atoms with Crippen molar-refractivity contribution >= 4 is 11.7 Å². The predicted octanol–water partition coefficient (Wildman–Crippen LogP) is 5.06. The van der Waals surface area contributed by atoms with E-state index in [1.807, 2.05) is 30.3 Å². The molecule has 1 aromatic carbocycles. The summed E-state index contributed by atoms with van der Waals surface area (Å²) in [5.74, 6) is 2.01. The van der Waals surface area contributed by atoms with Gasteiger partial charge in [-0.1, -0.05) is 57.0 Å². The highest BCUT2D eigenvalue weighted by atomic mass is 16.5. The van der Waals surface area contributed by atoms with Gasteiger partial charge in [-0.05, 0) is 56.8 Å². The van der Waals surface area contributed by atoms with E-state index in [2.05, 4.69) is 46.0 Å². The molecule has 4 rings (SSSR count). The van der Waals surface area contributed by atoms with Crippen molar-refractivity contribution in [2.75, 3.05) is 25.0 Å². The molecule has 3 heterocycles. The summed E-state index contributed by atoms with van der Waals surface area (Å²) in [5, 5.41) is 7.30. The number of para-hydroxylation sites is 1. The van der Waals surface area contributed by atoms with Crippen LogP contribution in [0, 0.1) is 5.92 Å². The highest BCUT2D eigenvalue weighted by molar-refractivity contribution is 5.89. The maximum atomic E-state index is 13.1. The summed E-state index contributed by atoms with van der Waals surface area (Å²) in [6, 6.07) is 10.2. The summed E-state index contributed by atoms with van der Waals surface area (Å²) in [6.45, 7) is 9.85. The smallest absolute Gasteiger partial charge is 0.322 e. The van der Waals surface area contributed by atoms with Crippen molar-refractivity contribution in [2.24, 2.45) is 5.92 Å². The lowest BCUT2D eigenvalue weighted by Gasteiger charge is -2.40. The number of aromatic nitrogens is 2. The molecule has 2 aromatic rings. The molecule has 1 atom stereocenters. The number of hydrogen-bond donors (Lipinski definition) is 1. The quantitative estimate of drug-likeness (QED) is 0.721. The number of likely N-dealkylation sites (tertiary alicyclic amines) is 2. The molecular formula is C25H37N5O2. The second kappa shape index (κ2) is 10.0. The van der Waals surface area contributed by atoms with Gasteiger partial charge in [-0.2, -0.15) is 4.98 Å². The fourth-order valence-corrected chi connectivity index (χ4v) is 4.91. The molecule has 0 spiro atoms. The van der Waals surface area contributed by atoms with Crippen molar-refractivity contribution in [1.82, 2.24) is 19.9 Å². The molecule has 0 saturated carbocycles. The molecule has 2 aliphatic rings. The number of carbonyl (C=O) groups is 1. The summed E-state index contributed by atoms with van der Waals surface area (Å²) in [5.41, 5.74) is 0.742. The monoisotopic (exact) mass is 439 g/mol. The third-order valence-corrected chi connectivity index (χ3v) is 6.74. The van der Waals surface area contributed by atoms with Gasteiger partial charge in [0, 0.05) is 23.7 Å². The first kappa shape index (κ1) is 22.8. The number of nitrogens with one attached hydrogen (secondary N) is 1. The Morgan fingerprint density at radius 1 is 1.06 bits per heavy atom. The van der Waals surface area contributed by atoms with Crippen LogP contribution in [0.3, 0.4) is 0 Å². The van der Waals surface area contributed by atoms with Crippen molar-refractivity contribution in [1.29, 1.82) is 0 Å². The summed E-state index contributed by atoms with van der Waals surface area (Å²) < 4.78 is 5.45. The van der Waals surface area contributed by atoms with Crippen molar-refractivity contribution in [3.05, 3.63) is 42.0 Å². The Bertz CT molecular complexity index is 868. The van der Waals surface area contributed by atoms with Gasteiger partial charge in [0.05, 0.1) is 6.54 Å². The lowest BCUT2D eigenvalue weighted by atomic mass is 9.86. The van der Waals surface area contributed by atoms with Crippen molar-refractivity contribution < 1.29 is 9.32 Å². The largest absolute Gasteiger partial charge is 0.339 e. The SMILES string of the molecule is CC(C)(C)c1nc(CN2CCC(C3CCCCCN3C(=O)Nc3ccccc3)CC2)no1. The molecule has 1 aromatic heterocycles. The Kier molecular flexibility index (Phi) is 7.13. The van der Waals surface area contributed by atoms with Crippen LogP contribution in [0.4, 0.5) is 10.5 Å². The fourth-order valence-electron chi connectivity index (χ4n) is 4.91.